The highest BCUT2D eigenvalue weighted by molar-refractivity contribution is 5.92. The van der Waals surface area contributed by atoms with Gasteiger partial charge in [0.05, 0.1) is 12.7 Å². The monoisotopic (exact) mass is 282 g/mol. The van der Waals surface area contributed by atoms with Crippen LogP contribution >= 0.6 is 0 Å². The summed E-state index contributed by atoms with van der Waals surface area (Å²) in [6.45, 7) is 3.58. The summed E-state index contributed by atoms with van der Waals surface area (Å²) in [4.78, 5) is 36.9. The highest BCUT2D eigenvalue weighted by Gasteiger charge is 2.27. The average Bonchev–Trinajstić information content (AvgIpc) is 2.36. The van der Waals surface area contributed by atoms with Crippen LogP contribution in [0.25, 0.3) is 0 Å². The zero-order valence-corrected chi connectivity index (χ0v) is 11.6. The number of aromatic amines is 1. The zero-order chi connectivity index (χ0) is 15.4. The molecule has 0 unspecified atom stereocenters. The molecule has 20 heavy (non-hydrogen) atoms. The normalized spacial score (nSPS) is 12.2. The number of esters is 1. The number of nitrogens with two attached hydrogens (primary N) is 1. The van der Waals surface area contributed by atoms with Crippen LogP contribution in [0.15, 0.2) is 11.0 Å². The van der Waals surface area contributed by atoms with Gasteiger partial charge in [-0.3, -0.25) is 9.59 Å². The van der Waals surface area contributed by atoms with Gasteiger partial charge in [-0.25, -0.2) is 4.79 Å². The van der Waals surface area contributed by atoms with Crippen molar-refractivity contribution in [1.82, 2.24) is 4.98 Å². The van der Waals surface area contributed by atoms with E-state index in [0.29, 0.717) is 0 Å². The Bertz CT molecular complexity index is 577. The molecule has 7 heteroatoms. The van der Waals surface area contributed by atoms with Crippen molar-refractivity contribution in [3.63, 3.8) is 0 Å². The van der Waals surface area contributed by atoms with E-state index in [0.717, 1.165) is 13.3 Å². The van der Waals surface area contributed by atoms with E-state index in [9.17, 15) is 19.5 Å². The molecule has 1 atom stereocenters. The molecule has 4 N–H and O–H groups in total. The molecule has 1 aromatic heterocycles. The second-order valence-electron chi connectivity index (χ2n) is 4.81. The van der Waals surface area contributed by atoms with Crippen molar-refractivity contribution in [2.45, 2.75) is 26.2 Å². The van der Waals surface area contributed by atoms with E-state index >= 15 is 0 Å². The molecule has 0 aromatic carbocycles. The van der Waals surface area contributed by atoms with Gasteiger partial charge in [-0.15, -0.1) is 0 Å². The number of primary amides is 1. The van der Waals surface area contributed by atoms with Crippen LogP contribution in [0, 0.1) is 5.92 Å². The highest BCUT2D eigenvalue weighted by atomic mass is 16.5. The first-order valence-electron chi connectivity index (χ1n) is 6.10. The molecule has 7 nitrogen and oxygen atoms in total. The highest BCUT2D eigenvalue weighted by Crippen LogP contribution is 2.33. The van der Waals surface area contributed by atoms with Crippen molar-refractivity contribution in [3.8, 4) is 5.75 Å². The number of hydrogen-bond acceptors (Lipinski definition) is 5. The average molecular weight is 282 g/mol. The molecular weight excluding hydrogens is 264 g/mol. The van der Waals surface area contributed by atoms with Crippen molar-refractivity contribution in [1.29, 1.82) is 0 Å². The Balaban J connectivity index is 3.44. The van der Waals surface area contributed by atoms with Crippen LogP contribution < -0.4 is 11.3 Å². The number of aromatic hydroxyl groups is 1. The predicted octanol–water partition coefficient (Wildman–Crippen LogP) is 0.482. The first-order valence-corrected chi connectivity index (χ1v) is 6.10. The summed E-state index contributed by atoms with van der Waals surface area (Å²) in [7, 11) is 1.16. The number of ether oxygens (including phenoxy) is 1. The number of H-pyrrole nitrogens is 1. The third-order valence-electron chi connectivity index (χ3n) is 3.10. The molecule has 1 rings (SSSR count). The summed E-state index contributed by atoms with van der Waals surface area (Å²) in [5.74, 6) is -2.55. The molecule has 1 heterocycles. The number of methoxy groups -OCH3 is 1. The molecule has 0 bridgehead atoms. The molecule has 0 aliphatic rings. The number of amides is 1. The largest absolute Gasteiger partial charge is 0.506 e. The second-order valence-corrected chi connectivity index (χ2v) is 4.81. The molecule has 0 saturated heterocycles. The first kappa shape index (κ1) is 15.7. The summed E-state index contributed by atoms with van der Waals surface area (Å²) in [5.41, 5.74) is 4.43. The lowest BCUT2D eigenvalue weighted by Crippen LogP contribution is -2.25. The lowest BCUT2D eigenvalue weighted by Gasteiger charge is -2.20. The van der Waals surface area contributed by atoms with Crippen LogP contribution in [0.5, 0.6) is 5.75 Å². The van der Waals surface area contributed by atoms with Crippen LogP contribution in [0.1, 0.15) is 42.1 Å². The van der Waals surface area contributed by atoms with Crippen molar-refractivity contribution in [2.75, 3.05) is 7.11 Å². The molecule has 0 fully saturated rings. The molecule has 1 aromatic rings. The predicted molar refractivity (Wildman–Crippen MR) is 71.5 cm³/mol. The lowest BCUT2D eigenvalue weighted by molar-refractivity contribution is -0.118. The third-order valence-corrected chi connectivity index (χ3v) is 3.10. The zero-order valence-electron chi connectivity index (χ0n) is 11.6. The smallest absolute Gasteiger partial charge is 0.343 e. The van der Waals surface area contributed by atoms with E-state index < -0.39 is 29.1 Å². The van der Waals surface area contributed by atoms with Gasteiger partial charge < -0.3 is 20.6 Å². The Morgan fingerprint density at radius 3 is 2.50 bits per heavy atom. The van der Waals surface area contributed by atoms with Crippen LogP contribution in [-0.4, -0.2) is 29.1 Å². The van der Waals surface area contributed by atoms with Gasteiger partial charge in [0.15, 0.2) is 0 Å². The maximum Gasteiger partial charge on any atom is 0.343 e. The van der Waals surface area contributed by atoms with Crippen molar-refractivity contribution >= 4 is 11.9 Å². The van der Waals surface area contributed by atoms with E-state index in [1.54, 1.807) is 13.8 Å². The maximum absolute atomic E-state index is 11.9. The first-order chi connectivity index (χ1) is 9.29. The number of pyridine rings is 1. The van der Waals surface area contributed by atoms with E-state index in [2.05, 4.69) is 9.72 Å². The molecule has 0 aliphatic heterocycles. The topological polar surface area (TPSA) is 122 Å². The molecule has 0 aliphatic carbocycles. The standard InChI is InChI=1S/C13H18N2O5/c1-6(2)7(4-9(14)16)10-11(17)8(13(19)20-3)5-15-12(10)18/h5-7H,4H2,1-3H3,(H2,14,16)(H2,15,17,18)/t7-/m0/s1. The van der Waals surface area contributed by atoms with Crippen molar-refractivity contribution < 1.29 is 19.4 Å². The maximum atomic E-state index is 11.9. The summed E-state index contributed by atoms with van der Waals surface area (Å²) >= 11 is 0. The number of hydrogen-bond donors (Lipinski definition) is 3. The van der Waals surface area contributed by atoms with Crippen LogP contribution in [0.4, 0.5) is 0 Å². The minimum atomic E-state index is -0.776. The van der Waals surface area contributed by atoms with E-state index in [4.69, 9.17) is 5.73 Å². The lowest BCUT2D eigenvalue weighted by atomic mass is 9.85. The van der Waals surface area contributed by atoms with E-state index in [1.165, 1.54) is 0 Å². The fraction of sp³-hybridized carbons (Fsp3) is 0.462. The molecule has 0 spiro atoms. The summed E-state index contributed by atoms with van der Waals surface area (Å²) < 4.78 is 4.52. The molecule has 110 valence electrons. The van der Waals surface area contributed by atoms with Gasteiger partial charge in [0.1, 0.15) is 11.3 Å². The van der Waals surface area contributed by atoms with Gasteiger partial charge in [-0.05, 0) is 5.92 Å². The second kappa shape index (κ2) is 6.23. The molecular formula is C13H18N2O5. The van der Waals surface area contributed by atoms with Crippen LogP contribution in [0.2, 0.25) is 0 Å². The van der Waals surface area contributed by atoms with Gasteiger partial charge in [-0.2, -0.15) is 0 Å². The Kier molecular flexibility index (Phi) is 4.90. The molecule has 0 radical (unpaired) electrons. The SMILES string of the molecule is COC(=O)c1c[nH]c(=O)c([C@@H](CC(N)=O)C(C)C)c1O. The Morgan fingerprint density at radius 2 is 2.05 bits per heavy atom. The van der Waals surface area contributed by atoms with Crippen LogP contribution in [0.3, 0.4) is 0 Å². The molecule has 1 amide bonds. The number of carbonyl (C=O) groups excluding carboxylic acids is 2. The van der Waals surface area contributed by atoms with E-state index in [1.807, 2.05) is 0 Å². The minimum Gasteiger partial charge on any atom is -0.506 e. The number of rotatable bonds is 5. The Labute approximate surface area is 115 Å². The Hall–Kier alpha value is -2.31. The van der Waals surface area contributed by atoms with Gasteiger partial charge in [0.25, 0.3) is 5.56 Å². The third kappa shape index (κ3) is 3.17. The molecule has 0 saturated carbocycles. The fourth-order valence-corrected chi connectivity index (χ4v) is 2.03. The quantitative estimate of drug-likeness (QED) is 0.678. The number of nitrogens with one attached hydrogen (secondary N) is 1. The van der Waals surface area contributed by atoms with Gasteiger partial charge >= 0.3 is 5.97 Å². The van der Waals surface area contributed by atoms with Crippen molar-refractivity contribution in [2.24, 2.45) is 11.7 Å². The number of aromatic nitrogens is 1. The fourth-order valence-electron chi connectivity index (χ4n) is 2.03. The van der Waals surface area contributed by atoms with Gasteiger partial charge in [0, 0.05) is 18.5 Å². The summed E-state index contributed by atoms with van der Waals surface area (Å²) in [5, 5.41) is 10.1. The van der Waals surface area contributed by atoms with Gasteiger partial charge in [0.2, 0.25) is 5.91 Å². The van der Waals surface area contributed by atoms with E-state index in [-0.39, 0.29) is 23.5 Å². The summed E-state index contributed by atoms with van der Waals surface area (Å²) in [6, 6.07) is 0. The summed E-state index contributed by atoms with van der Waals surface area (Å²) in [6.07, 6.45) is 0.980. The Morgan fingerprint density at radius 1 is 1.45 bits per heavy atom. The minimum absolute atomic E-state index is 0.0262. The van der Waals surface area contributed by atoms with Crippen molar-refractivity contribution in [3.05, 3.63) is 27.7 Å². The van der Waals surface area contributed by atoms with Gasteiger partial charge in [-0.1, -0.05) is 13.8 Å². The number of carbonyl (C=O) groups is 2. The van der Waals surface area contributed by atoms with Crippen LogP contribution in [-0.2, 0) is 9.53 Å².